The first-order valence-electron chi connectivity index (χ1n) is 11.8. The minimum absolute atomic E-state index is 0.123. The van der Waals surface area contributed by atoms with E-state index < -0.39 is 0 Å². The van der Waals surface area contributed by atoms with E-state index in [1.54, 1.807) is 6.20 Å². The summed E-state index contributed by atoms with van der Waals surface area (Å²) in [5, 5.41) is 3.10. The molecule has 3 aliphatic rings. The SMILES string of the molecule is C[C@@H]1CCCN(c2ccc3c(n2)N(C(=O)Nc2cccc(-c4cnco4)c2)[C@H]2CCN3C2)C1. The predicted octanol–water partition coefficient (Wildman–Crippen LogP) is 4.60. The van der Waals surface area contributed by atoms with Crippen LogP contribution in [0.4, 0.5) is 27.8 Å². The highest BCUT2D eigenvalue weighted by Gasteiger charge is 2.40. The monoisotopic (exact) mass is 444 g/mol. The lowest BCUT2D eigenvalue weighted by atomic mass is 10.0. The van der Waals surface area contributed by atoms with Gasteiger partial charge in [0.15, 0.2) is 18.0 Å². The average molecular weight is 445 g/mol. The Kier molecular flexibility index (Phi) is 4.93. The van der Waals surface area contributed by atoms with E-state index in [0.717, 1.165) is 61.2 Å². The molecule has 3 aliphatic heterocycles. The van der Waals surface area contributed by atoms with Crippen molar-refractivity contribution in [3.8, 4) is 11.3 Å². The van der Waals surface area contributed by atoms with Gasteiger partial charge in [0.05, 0.1) is 17.9 Å². The lowest BCUT2D eigenvalue weighted by molar-refractivity contribution is 0.255. The summed E-state index contributed by atoms with van der Waals surface area (Å²) >= 11 is 0. The van der Waals surface area contributed by atoms with E-state index in [1.165, 1.54) is 19.2 Å². The molecule has 2 atom stereocenters. The van der Waals surface area contributed by atoms with Crippen LogP contribution < -0.4 is 20.0 Å². The fourth-order valence-corrected chi connectivity index (χ4v) is 5.33. The maximum atomic E-state index is 13.6. The predicted molar refractivity (Wildman–Crippen MR) is 129 cm³/mol. The van der Waals surface area contributed by atoms with Crippen molar-refractivity contribution in [1.82, 2.24) is 9.97 Å². The van der Waals surface area contributed by atoms with Crippen LogP contribution in [0, 0.1) is 5.92 Å². The van der Waals surface area contributed by atoms with Gasteiger partial charge in [-0.3, -0.25) is 4.90 Å². The second-order valence-corrected chi connectivity index (χ2v) is 9.34. The Morgan fingerprint density at radius 3 is 2.91 bits per heavy atom. The number of carbonyl (C=O) groups is 1. The molecule has 3 aromatic rings. The van der Waals surface area contributed by atoms with E-state index in [-0.39, 0.29) is 12.1 Å². The van der Waals surface area contributed by atoms with Crippen molar-refractivity contribution in [2.75, 3.05) is 46.2 Å². The number of nitrogens with zero attached hydrogens (tertiary/aromatic N) is 5. The van der Waals surface area contributed by atoms with Crippen LogP contribution in [-0.4, -0.2) is 48.2 Å². The lowest BCUT2D eigenvalue weighted by Crippen LogP contribution is -2.48. The number of hydrogen-bond acceptors (Lipinski definition) is 6. The van der Waals surface area contributed by atoms with Crippen molar-refractivity contribution >= 4 is 29.0 Å². The fourth-order valence-electron chi connectivity index (χ4n) is 5.33. The van der Waals surface area contributed by atoms with Gasteiger partial charge < -0.3 is 19.5 Å². The Bertz CT molecular complexity index is 1160. The second kappa shape index (κ2) is 8.10. The summed E-state index contributed by atoms with van der Waals surface area (Å²) in [5.41, 5.74) is 2.64. The first kappa shape index (κ1) is 20.1. The number of anilines is 4. The number of fused-ring (bicyclic) bond motifs is 4. The molecule has 2 saturated heterocycles. The van der Waals surface area contributed by atoms with Crippen molar-refractivity contribution in [2.45, 2.75) is 32.2 Å². The number of benzene rings is 1. The van der Waals surface area contributed by atoms with Gasteiger partial charge in [-0.25, -0.2) is 14.8 Å². The van der Waals surface area contributed by atoms with Crippen molar-refractivity contribution in [2.24, 2.45) is 5.92 Å². The first-order chi connectivity index (χ1) is 16.2. The maximum absolute atomic E-state index is 13.6. The molecule has 8 heteroatoms. The number of rotatable bonds is 3. The summed E-state index contributed by atoms with van der Waals surface area (Å²) in [7, 11) is 0. The van der Waals surface area contributed by atoms with Gasteiger partial charge in [-0.1, -0.05) is 19.1 Å². The van der Waals surface area contributed by atoms with Gasteiger partial charge >= 0.3 is 6.03 Å². The highest BCUT2D eigenvalue weighted by molar-refractivity contribution is 6.05. The van der Waals surface area contributed by atoms with Crippen LogP contribution in [0.15, 0.2) is 53.4 Å². The molecule has 2 bridgehead atoms. The third kappa shape index (κ3) is 3.69. The molecule has 0 unspecified atom stereocenters. The minimum Gasteiger partial charge on any atom is -0.444 e. The molecule has 1 aromatic carbocycles. The highest BCUT2D eigenvalue weighted by atomic mass is 16.3. The number of nitrogens with one attached hydrogen (secondary N) is 1. The number of hydrogen-bond donors (Lipinski definition) is 1. The molecule has 2 amide bonds. The lowest BCUT2D eigenvalue weighted by Gasteiger charge is -2.37. The summed E-state index contributed by atoms with van der Waals surface area (Å²) in [6.07, 6.45) is 6.46. The van der Waals surface area contributed by atoms with Crippen LogP contribution >= 0.6 is 0 Å². The van der Waals surface area contributed by atoms with Crippen LogP contribution in [0.25, 0.3) is 11.3 Å². The summed E-state index contributed by atoms with van der Waals surface area (Å²) < 4.78 is 5.41. The Morgan fingerprint density at radius 2 is 2.06 bits per heavy atom. The third-order valence-corrected chi connectivity index (χ3v) is 6.97. The summed E-state index contributed by atoms with van der Waals surface area (Å²) in [5.74, 6) is 3.06. The van der Waals surface area contributed by atoms with Crippen LogP contribution in [-0.2, 0) is 0 Å². The number of amides is 2. The van der Waals surface area contributed by atoms with Crippen molar-refractivity contribution in [3.05, 3.63) is 49.0 Å². The second-order valence-electron chi connectivity index (χ2n) is 9.34. The molecule has 2 aromatic heterocycles. The zero-order valence-corrected chi connectivity index (χ0v) is 18.8. The van der Waals surface area contributed by atoms with E-state index in [1.807, 2.05) is 29.2 Å². The Balaban J connectivity index is 1.30. The molecule has 0 spiro atoms. The smallest absolute Gasteiger partial charge is 0.327 e. The van der Waals surface area contributed by atoms with Gasteiger partial charge in [-0.05, 0) is 49.4 Å². The molecule has 0 aliphatic carbocycles. The van der Waals surface area contributed by atoms with Crippen LogP contribution in [0.1, 0.15) is 26.2 Å². The van der Waals surface area contributed by atoms with Gasteiger partial charge in [0, 0.05) is 37.4 Å². The van der Waals surface area contributed by atoms with Crippen LogP contribution in [0.3, 0.4) is 0 Å². The largest absolute Gasteiger partial charge is 0.444 e. The average Bonchev–Trinajstić information content (AvgIpc) is 3.51. The Hall–Kier alpha value is -3.55. The van der Waals surface area contributed by atoms with Crippen molar-refractivity contribution < 1.29 is 9.21 Å². The molecular formula is C25H28N6O2. The zero-order chi connectivity index (χ0) is 22.4. The van der Waals surface area contributed by atoms with E-state index in [4.69, 9.17) is 9.40 Å². The third-order valence-electron chi connectivity index (χ3n) is 6.97. The molecule has 170 valence electrons. The molecule has 0 saturated carbocycles. The van der Waals surface area contributed by atoms with Gasteiger partial charge in [-0.15, -0.1) is 0 Å². The molecule has 8 nitrogen and oxygen atoms in total. The van der Waals surface area contributed by atoms with Gasteiger partial charge in [0.25, 0.3) is 0 Å². The van der Waals surface area contributed by atoms with Crippen LogP contribution in [0.2, 0.25) is 0 Å². The van der Waals surface area contributed by atoms with Crippen LogP contribution in [0.5, 0.6) is 0 Å². The molecule has 2 fully saturated rings. The molecular weight excluding hydrogens is 416 g/mol. The van der Waals surface area contributed by atoms with Crippen molar-refractivity contribution in [3.63, 3.8) is 0 Å². The minimum atomic E-state index is -0.144. The van der Waals surface area contributed by atoms with Gasteiger partial charge in [0.2, 0.25) is 0 Å². The fraction of sp³-hybridized carbons (Fsp3) is 0.400. The van der Waals surface area contributed by atoms with Gasteiger partial charge in [-0.2, -0.15) is 0 Å². The topological polar surface area (TPSA) is 77.7 Å². The Morgan fingerprint density at radius 1 is 1.12 bits per heavy atom. The standard InChI is InChI=1S/C25H28N6O2/c1-17-4-3-10-30(14-17)23-8-7-21-24(28-23)31(20-9-11-29(21)15-20)25(32)27-19-6-2-5-18(12-19)22-13-26-16-33-22/h2,5-8,12-13,16-17,20H,3-4,9-11,14-15H2,1H3,(H,27,32)/t17-,20+/m1/s1. The normalized spacial score (nSPS) is 21.8. The van der Waals surface area contributed by atoms with E-state index in [0.29, 0.717) is 11.7 Å². The molecule has 6 rings (SSSR count). The quantitative estimate of drug-likeness (QED) is 0.636. The molecule has 5 heterocycles. The number of oxazole rings is 1. The molecule has 0 radical (unpaired) electrons. The summed E-state index contributed by atoms with van der Waals surface area (Å²) in [6, 6.07) is 11.9. The number of pyridine rings is 1. The highest BCUT2D eigenvalue weighted by Crippen LogP contribution is 2.40. The number of urea groups is 1. The first-order valence-corrected chi connectivity index (χ1v) is 11.8. The zero-order valence-electron chi connectivity index (χ0n) is 18.8. The molecule has 33 heavy (non-hydrogen) atoms. The van der Waals surface area contributed by atoms with E-state index >= 15 is 0 Å². The summed E-state index contributed by atoms with van der Waals surface area (Å²) in [4.78, 5) is 29.2. The number of aromatic nitrogens is 2. The number of carbonyl (C=O) groups excluding carboxylic acids is 1. The number of piperidine rings is 1. The van der Waals surface area contributed by atoms with Crippen molar-refractivity contribution in [1.29, 1.82) is 0 Å². The maximum Gasteiger partial charge on any atom is 0.327 e. The van der Waals surface area contributed by atoms with Gasteiger partial charge in [0.1, 0.15) is 5.82 Å². The summed E-state index contributed by atoms with van der Waals surface area (Å²) in [6.45, 7) is 6.12. The van der Waals surface area contributed by atoms with E-state index in [2.05, 4.69) is 39.2 Å². The van der Waals surface area contributed by atoms with E-state index in [9.17, 15) is 4.79 Å². The Labute approximate surface area is 193 Å². The molecule has 1 N–H and O–H groups in total.